The van der Waals surface area contributed by atoms with Crippen LogP contribution >= 0.6 is 0 Å². The molecule has 0 spiro atoms. The van der Waals surface area contributed by atoms with E-state index in [4.69, 9.17) is 4.74 Å². The van der Waals surface area contributed by atoms with Crippen molar-refractivity contribution in [3.8, 4) is 5.75 Å². The number of nitrogens with zero attached hydrogens (tertiary/aromatic N) is 1. The molecule has 2 aromatic carbocycles. The van der Waals surface area contributed by atoms with Gasteiger partial charge < -0.3 is 9.64 Å². The van der Waals surface area contributed by atoms with Gasteiger partial charge in [0.05, 0.1) is 7.11 Å². The summed E-state index contributed by atoms with van der Waals surface area (Å²) < 4.78 is 31.6. The van der Waals surface area contributed by atoms with Crippen LogP contribution in [0.5, 0.6) is 5.75 Å². The molecule has 0 saturated heterocycles. The van der Waals surface area contributed by atoms with E-state index < -0.39 is 10.0 Å². The number of benzene rings is 2. The molecule has 0 heterocycles. The van der Waals surface area contributed by atoms with Crippen molar-refractivity contribution in [3.05, 3.63) is 65.2 Å². The maximum atomic E-state index is 12.4. The van der Waals surface area contributed by atoms with Crippen LogP contribution in [0.1, 0.15) is 16.7 Å². The summed E-state index contributed by atoms with van der Waals surface area (Å²) in [5.41, 5.74) is 2.79. The molecule has 2 rings (SSSR count). The third kappa shape index (κ3) is 5.18. The molecule has 0 aromatic heterocycles. The van der Waals surface area contributed by atoms with Gasteiger partial charge in [-0.15, -0.1) is 0 Å². The van der Waals surface area contributed by atoms with Crippen LogP contribution in [0.4, 0.5) is 0 Å². The normalized spacial score (nSPS) is 11.6. The largest absolute Gasteiger partial charge is 0.495 e. The minimum absolute atomic E-state index is 0.0235. The molecule has 0 saturated carbocycles. The molecule has 1 amide bonds. The molecular weight excluding hydrogens is 364 g/mol. The Kier molecular flexibility index (Phi) is 6.76. The highest BCUT2D eigenvalue weighted by atomic mass is 32.2. The van der Waals surface area contributed by atoms with E-state index in [1.807, 2.05) is 31.2 Å². The molecular formula is C20H24N2O4S. The van der Waals surface area contributed by atoms with E-state index in [2.05, 4.69) is 4.72 Å². The number of hydrogen-bond acceptors (Lipinski definition) is 4. The fourth-order valence-electron chi connectivity index (χ4n) is 2.53. The first-order chi connectivity index (χ1) is 12.8. The highest BCUT2D eigenvalue weighted by molar-refractivity contribution is 7.89. The van der Waals surface area contributed by atoms with Crippen LogP contribution in [0.2, 0.25) is 0 Å². The number of amides is 1. The smallest absolute Gasteiger partial charge is 0.246 e. The van der Waals surface area contributed by atoms with Gasteiger partial charge in [0.1, 0.15) is 10.6 Å². The Morgan fingerprint density at radius 3 is 2.56 bits per heavy atom. The number of methoxy groups -OCH3 is 1. The van der Waals surface area contributed by atoms with Gasteiger partial charge in [-0.1, -0.05) is 30.3 Å². The molecule has 0 atom stereocenters. The van der Waals surface area contributed by atoms with Gasteiger partial charge in [0.15, 0.2) is 0 Å². The van der Waals surface area contributed by atoms with Crippen molar-refractivity contribution in [3.63, 3.8) is 0 Å². The standard InChI is InChI=1S/C20H24N2O4S/c1-15-7-5-6-8-17(15)14-22(3)20(23)12-10-16-9-11-18(26-4)19(13-16)27(24,25)21-2/h5-13,21H,14H2,1-4H3/b12-10+. The molecule has 0 aliphatic rings. The van der Waals surface area contributed by atoms with Crippen LogP contribution in [0.15, 0.2) is 53.4 Å². The monoisotopic (exact) mass is 388 g/mol. The van der Waals surface area contributed by atoms with Crippen molar-refractivity contribution < 1.29 is 17.9 Å². The first-order valence-corrected chi connectivity index (χ1v) is 9.86. The lowest BCUT2D eigenvalue weighted by atomic mass is 10.1. The quantitative estimate of drug-likeness (QED) is 0.740. The fourth-order valence-corrected chi connectivity index (χ4v) is 3.46. The van der Waals surface area contributed by atoms with Crippen molar-refractivity contribution in [1.29, 1.82) is 0 Å². The third-order valence-corrected chi connectivity index (χ3v) is 5.64. The van der Waals surface area contributed by atoms with Gasteiger partial charge in [-0.2, -0.15) is 0 Å². The molecule has 0 radical (unpaired) electrons. The van der Waals surface area contributed by atoms with E-state index in [-0.39, 0.29) is 16.6 Å². The predicted octanol–water partition coefficient (Wildman–Crippen LogP) is 2.58. The third-order valence-electron chi connectivity index (χ3n) is 4.21. The molecule has 0 aliphatic heterocycles. The maximum Gasteiger partial charge on any atom is 0.246 e. The van der Waals surface area contributed by atoms with Crippen molar-refractivity contribution >= 4 is 22.0 Å². The van der Waals surface area contributed by atoms with E-state index in [0.29, 0.717) is 12.1 Å². The summed E-state index contributed by atoms with van der Waals surface area (Å²) in [4.78, 5) is 14.0. The molecule has 0 bridgehead atoms. The molecule has 144 valence electrons. The Bertz CT molecular complexity index is 952. The zero-order chi connectivity index (χ0) is 20.0. The van der Waals surface area contributed by atoms with Crippen molar-refractivity contribution in [2.75, 3.05) is 21.2 Å². The number of nitrogens with one attached hydrogen (secondary N) is 1. The number of sulfonamides is 1. The molecule has 0 aliphatic carbocycles. The number of likely N-dealkylation sites (N-methyl/N-ethyl adjacent to an activating group) is 1. The summed E-state index contributed by atoms with van der Waals surface area (Å²) >= 11 is 0. The number of ether oxygens (including phenoxy) is 1. The first-order valence-electron chi connectivity index (χ1n) is 8.37. The van der Waals surface area contributed by atoms with E-state index in [0.717, 1.165) is 11.1 Å². The minimum atomic E-state index is -3.67. The molecule has 7 heteroatoms. The second kappa shape index (κ2) is 8.83. The van der Waals surface area contributed by atoms with Crippen LogP contribution in [-0.2, 0) is 21.4 Å². The second-order valence-corrected chi connectivity index (χ2v) is 7.93. The average Bonchev–Trinajstić information content (AvgIpc) is 2.67. The SMILES string of the molecule is CNS(=O)(=O)c1cc(/C=C/C(=O)N(C)Cc2ccccc2C)ccc1OC. The van der Waals surface area contributed by atoms with E-state index in [1.54, 1.807) is 30.2 Å². The fraction of sp³-hybridized carbons (Fsp3) is 0.250. The zero-order valence-electron chi connectivity index (χ0n) is 15.9. The summed E-state index contributed by atoms with van der Waals surface area (Å²) in [7, 11) is 0.799. The molecule has 27 heavy (non-hydrogen) atoms. The van der Waals surface area contributed by atoms with E-state index in [1.165, 1.54) is 26.3 Å². The van der Waals surface area contributed by atoms with Gasteiger partial charge in [0, 0.05) is 19.7 Å². The predicted molar refractivity (Wildman–Crippen MR) is 106 cm³/mol. The Morgan fingerprint density at radius 2 is 1.93 bits per heavy atom. The Hall–Kier alpha value is -2.64. The number of hydrogen-bond donors (Lipinski definition) is 1. The van der Waals surface area contributed by atoms with Crippen molar-refractivity contribution in [1.82, 2.24) is 9.62 Å². The van der Waals surface area contributed by atoms with Gasteiger partial charge in [-0.3, -0.25) is 4.79 Å². The first kappa shape index (κ1) is 20.7. The molecule has 1 N–H and O–H groups in total. The van der Waals surface area contributed by atoms with Crippen LogP contribution < -0.4 is 9.46 Å². The maximum absolute atomic E-state index is 12.4. The average molecular weight is 388 g/mol. The topological polar surface area (TPSA) is 75.7 Å². The number of carbonyl (C=O) groups is 1. The van der Waals surface area contributed by atoms with Crippen LogP contribution in [0.25, 0.3) is 6.08 Å². The highest BCUT2D eigenvalue weighted by Crippen LogP contribution is 2.25. The molecule has 6 nitrogen and oxygen atoms in total. The lowest BCUT2D eigenvalue weighted by Gasteiger charge is -2.16. The Morgan fingerprint density at radius 1 is 1.22 bits per heavy atom. The zero-order valence-corrected chi connectivity index (χ0v) is 16.7. The summed E-state index contributed by atoms with van der Waals surface area (Å²) in [5.74, 6) is 0.0663. The van der Waals surface area contributed by atoms with E-state index in [9.17, 15) is 13.2 Å². The van der Waals surface area contributed by atoms with Crippen LogP contribution in [-0.4, -0.2) is 40.4 Å². The molecule has 2 aromatic rings. The van der Waals surface area contributed by atoms with Crippen LogP contribution in [0, 0.1) is 6.92 Å². The number of carbonyl (C=O) groups excluding carboxylic acids is 1. The van der Waals surface area contributed by atoms with Gasteiger partial charge in [-0.25, -0.2) is 13.1 Å². The lowest BCUT2D eigenvalue weighted by molar-refractivity contribution is -0.125. The van der Waals surface area contributed by atoms with Gasteiger partial charge in [-0.05, 0) is 48.9 Å². The lowest BCUT2D eigenvalue weighted by Crippen LogP contribution is -2.24. The number of aryl methyl sites for hydroxylation is 1. The van der Waals surface area contributed by atoms with Gasteiger partial charge in [0.2, 0.25) is 15.9 Å². The summed E-state index contributed by atoms with van der Waals surface area (Å²) in [6.45, 7) is 2.50. The minimum Gasteiger partial charge on any atom is -0.495 e. The van der Waals surface area contributed by atoms with Crippen molar-refractivity contribution in [2.45, 2.75) is 18.4 Å². The van der Waals surface area contributed by atoms with E-state index >= 15 is 0 Å². The summed E-state index contributed by atoms with van der Waals surface area (Å²) in [6.07, 6.45) is 3.01. The summed E-state index contributed by atoms with van der Waals surface area (Å²) in [5, 5.41) is 0. The van der Waals surface area contributed by atoms with Gasteiger partial charge >= 0.3 is 0 Å². The molecule has 0 unspecified atom stereocenters. The summed E-state index contributed by atoms with van der Waals surface area (Å²) in [6, 6.07) is 12.6. The second-order valence-electron chi connectivity index (χ2n) is 6.07. The Labute approximate surface area is 160 Å². The van der Waals surface area contributed by atoms with Crippen molar-refractivity contribution in [2.24, 2.45) is 0 Å². The number of rotatable bonds is 7. The Balaban J connectivity index is 2.18. The van der Waals surface area contributed by atoms with Crippen LogP contribution in [0.3, 0.4) is 0 Å². The van der Waals surface area contributed by atoms with Gasteiger partial charge in [0.25, 0.3) is 0 Å². The highest BCUT2D eigenvalue weighted by Gasteiger charge is 2.17. The molecule has 0 fully saturated rings.